The molecule has 0 bridgehead atoms. The summed E-state index contributed by atoms with van der Waals surface area (Å²) in [5.74, 6) is -6.32. The van der Waals surface area contributed by atoms with Gasteiger partial charge in [0.15, 0.2) is 0 Å². The van der Waals surface area contributed by atoms with Gasteiger partial charge < -0.3 is 10.4 Å². The fourth-order valence-electron chi connectivity index (χ4n) is 3.59. The minimum atomic E-state index is -4.87. The number of alkyl halides is 5. The molecule has 2 N–H and O–H groups in total. The first-order valence-corrected chi connectivity index (χ1v) is 10.6. The van der Waals surface area contributed by atoms with E-state index in [2.05, 4.69) is 36.3 Å². The highest BCUT2D eigenvalue weighted by Crippen LogP contribution is 2.38. The molecule has 0 aliphatic heterocycles. The van der Waals surface area contributed by atoms with Gasteiger partial charge in [-0.1, -0.05) is 0 Å². The summed E-state index contributed by atoms with van der Waals surface area (Å²) in [5, 5.41) is 16.3. The fraction of sp³-hybridized carbons (Fsp3) is 0.286. The van der Waals surface area contributed by atoms with Gasteiger partial charge in [0.05, 0.1) is 23.3 Å². The molecule has 2 aromatic heterocycles. The fourth-order valence-corrected chi connectivity index (χ4v) is 4.29. The average Bonchev–Trinajstić information content (AvgIpc) is 3.15. The van der Waals surface area contributed by atoms with E-state index >= 15 is 0 Å². The smallest absolute Gasteiger partial charge is 0.390 e. The first-order valence-electron chi connectivity index (χ1n) is 9.77. The van der Waals surface area contributed by atoms with Crippen LogP contribution in [-0.2, 0) is 19.1 Å². The van der Waals surface area contributed by atoms with E-state index in [1.165, 1.54) is 23.9 Å². The van der Waals surface area contributed by atoms with Crippen LogP contribution in [0.5, 0.6) is 0 Å². The van der Waals surface area contributed by atoms with E-state index in [9.17, 15) is 26.3 Å². The molecule has 0 aliphatic rings. The quantitative estimate of drug-likeness (QED) is 0.314. The summed E-state index contributed by atoms with van der Waals surface area (Å²) >= 11 is 3.38. The second kappa shape index (κ2) is 8.38. The van der Waals surface area contributed by atoms with Crippen LogP contribution >= 0.6 is 15.9 Å². The molecule has 0 saturated heterocycles. The molecule has 0 saturated carbocycles. The molecule has 2 heterocycles. The zero-order valence-corrected chi connectivity index (χ0v) is 19.1. The van der Waals surface area contributed by atoms with Crippen molar-refractivity contribution in [3.05, 3.63) is 57.7 Å². The molecule has 6 nitrogen and oxygen atoms in total. The topological polar surface area (TPSA) is 75.9 Å². The molecule has 1 atom stereocenters. The van der Waals surface area contributed by atoms with E-state index in [-0.39, 0.29) is 22.3 Å². The lowest BCUT2D eigenvalue weighted by Gasteiger charge is -2.20. The van der Waals surface area contributed by atoms with Crippen molar-refractivity contribution in [1.29, 1.82) is 0 Å². The third kappa shape index (κ3) is 4.29. The molecule has 180 valence electrons. The second-order valence-corrected chi connectivity index (χ2v) is 8.53. The molecule has 13 heteroatoms. The zero-order valence-electron chi connectivity index (χ0n) is 17.6. The van der Waals surface area contributed by atoms with Gasteiger partial charge in [-0.15, -0.1) is 0 Å². The highest BCUT2D eigenvalue weighted by atomic mass is 79.9. The van der Waals surface area contributed by atoms with Crippen LogP contribution < -0.4 is 5.32 Å². The summed E-state index contributed by atoms with van der Waals surface area (Å²) in [6, 6.07) is 3.11. The number of nitrogens with zero attached hydrogens (tertiary/aromatic N) is 4. The summed E-state index contributed by atoms with van der Waals surface area (Å²) in [4.78, 5) is 7.33. The van der Waals surface area contributed by atoms with E-state index in [1.54, 1.807) is 7.05 Å². The van der Waals surface area contributed by atoms with Crippen LogP contribution in [0.1, 0.15) is 29.9 Å². The second-order valence-electron chi connectivity index (χ2n) is 7.68. The lowest BCUT2D eigenvalue weighted by molar-refractivity contribution is -0.144. The van der Waals surface area contributed by atoms with E-state index in [4.69, 9.17) is 5.11 Å². The molecule has 0 aliphatic carbocycles. The number of fused-ring (bicyclic) bond motifs is 3. The van der Waals surface area contributed by atoms with E-state index in [1.807, 2.05) is 0 Å². The van der Waals surface area contributed by atoms with Crippen molar-refractivity contribution in [3.8, 4) is 0 Å². The summed E-state index contributed by atoms with van der Waals surface area (Å²) in [5.41, 5.74) is -0.249. The Kier molecular flexibility index (Phi) is 5.96. The van der Waals surface area contributed by atoms with E-state index < -0.39 is 42.0 Å². The normalized spacial score (nSPS) is 13.6. The number of benzene rings is 2. The van der Waals surface area contributed by atoms with Crippen molar-refractivity contribution in [2.24, 2.45) is 7.05 Å². The summed E-state index contributed by atoms with van der Waals surface area (Å²) in [6.45, 7) is -0.0766. The number of nitrogens with one attached hydrogen (secondary N) is 1. The molecule has 34 heavy (non-hydrogen) atoms. The predicted molar refractivity (Wildman–Crippen MR) is 116 cm³/mol. The molecule has 4 aromatic rings. The number of anilines is 1. The van der Waals surface area contributed by atoms with Crippen LogP contribution in [0.2, 0.25) is 0 Å². The Labute approximate surface area is 196 Å². The Morgan fingerprint density at radius 2 is 1.79 bits per heavy atom. The van der Waals surface area contributed by atoms with Crippen LogP contribution in [0.4, 0.5) is 32.2 Å². The van der Waals surface area contributed by atoms with Crippen molar-refractivity contribution in [2.75, 3.05) is 11.9 Å². The first kappa shape index (κ1) is 24.2. The van der Waals surface area contributed by atoms with Gasteiger partial charge in [0.1, 0.15) is 18.2 Å². The number of hydrogen-bond donors (Lipinski definition) is 2. The molecule has 0 spiro atoms. The molecule has 2 aromatic carbocycles. The first-order chi connectivity index (χ1) is 15.8. The Hall–Kier alpha value is -2.93. The largest absolute Gasteiger partial charge is 0.451 e. The van der Waals surface area contributed by atoms with Gasteiger partial charge in [-0.05, 0) is 52.7 Å². The Bertz CT molecular complexity index is 1400. The number of aryl methyl sites for hydroxylation is 1. The van der Waals surface area contributed by atoms with Crippen molar-refractivity contribution < 1.29 is 31.4 Å². The molecular formula is C21H16BrF6N5O. The van der Waals surface area contributed by atoms with Crippen molar-refractivity contribution in [3.63, 3.8) is 0 Å². The summed E-state index contributed by atoms with van der Waals surface area (Å²) in [6.07, 6.45) is -3.50. The van der Waals surface area contributed by atoms with Gasteiger partial charge in [-0.3, -0.25) is 4.68 Å². The minimum absolute atomic E-state index is 0.0185. The van der Waals surface area contributed by atoms with Gasteiger partial charge >= 0.3 is 6.18 Å². The zero-order chi connectivity index (χ0) is 25.0. The van der Waals surface area contributed by atoms with Gasteiger partial charge in [0.25, 0.3) is 5.92 Å². The third-order valence-corrected chi connectivity index (χ3v) is 5.89. The maximum absolute atomic E-state index is 14.1. The minimum Gasteiger partial charge on any atom is -0.390 e. The molecular weight excluding hydrogens is 532 g/mol. The molecule has 0 unspecified atom stereocenters. The molecule has 0 amide bonds. The predicted octanol–water partition coefficient (Wildman–Crippen LogP) is 5.69. The number of hydrogen-bond acceptors (Lipinski definition) is 5. The SMILES string of the molecule is C[C@@H](Nc1nc(C(F)(F)F)nc2c1cc(Br)c1c2cnn1C)c1cc(F)cc(C(F)(F)CO)c1. The number of halogens is 7. The van der Waals surface area contributed by atoms with Crippen LogP contribution in [0, 0.1) is 5.82 Å². The Balaban J connectivity index is 1.88. The highest BCUT2D eigenvalue weighted by molar-refractivity contribution is 9.10. The molecule has 0 radical (unpaired) electrons. The van der Waals surface area contributed by atoms with Crippen LogP contribution in [0.3, 0.4) is 0 Å². The molecule has 4 rings (SSSR count). The van der Waals surface area contributed by atoms with Gasteiger partial charge in [0.2, 0.25) is 5.82 Å². The summed E-state index contributed by atoms with van der Waals surface area (Å²) in [7, 11) is 1.62. The summed E-state index contributed by atoms with van der Waals surface area (Å²) < 4.78 is 84.6. The van der Waals surface area contributed by atoms with Crippen molar-refractivity contribution >= 4 is 43.6 Å². The van der Waals surface area contributed by atoms with Crippen molar-refractivity contribution in [2.45, 2.75) is 25.1 Å². The van der Waals surface area contributed by atoms with Crippen LogP contribution in [-0.4, -0.2) is 31.5 Å². The number of aliphatic hydroxyl groups excluding tert-OH is 1. The lowest BCUT2D eigenvalue weighted by atomic mass is 10.0. The number of aliphatic hydroxyl groups is 1. The average molecular weight is 548 g/mol. The van der Waals surface area contributed by atoms with E-state index in [0.29, 0.717) is 21.4 Å². The Morgan fingerprint density at radius 3 is 2.44 bits per heavy atom. The third-order valence-electron chi connectivity index (χ3n) is 5.28. The highest BCUT2D eigenvalue weighted by Gasteiger charge is 2.36. The van der Waals surface area contributed by atoms with Crippen LogP contribution in [0.25, 0.3) is 21.8 Å². The Morgan fingerprint density at radius 1 is 1.09 bits per heavy atom. The maximum Gasteiger partial charge on any atom is 0.451 e. The standard InChI is InChI=1S/C21H16BrF6N5O/c1-9(10-3-11(5-12(23)4-10)20(24,25)8-34)30-18-13-6-15(22)17-14(7-29-33(17)2)16(13)31-19(32-18)21(26,27)28/h3-7,9,34H,8H2,1-2H3,(H,30,31,32)/t9-/m1/s1. The van der Waals surface area contributed by atoms with Gasteiger partial charge in [-0.25, -0.2) is 14.4 Å². The van der Waals surface area contributed by atoms with Crippen molar-refractivity contribution in [1.82, 2.24) is 19.7 Å². The van der Waals surface area contributed by atoms with Gasteiger partial charge in [-0.2, -0.15) is 27.1 Å². The maximum atomic E-state index is 14.1. The number of rotatable bonds is 5. The van der Waals surface area contributed by atoms with Gasteiger partial charge in [0, 0.05) is 27.9 Å². The van der Waals surface area contributed by atoms with E-state index in [0.717, 1.165) is 12.1 Å². The van der Waals surface area contributed by atoms with Crippen LogP contribution in [0.15, 0.2) is 34.9 Å². The monoisotopic (exact) mass is 547 g/mol. The molecule has 0 fully saturated rings. The number of aromatic nitrogens is 4. The lowest BCUT2D eigenvalue weighted by Crippen LogP contribution is -2.20.